The molecule has 0 radical (unpaired) electrons. The lowest BCUT2D eigenvalue weighted by atomic mass is 10.1. The monoisotopic (exact) mass is 288 g/mol. The second-order valence-electron chi connectivity index (χ2n) is 2.68. The molecule has 0 amide bonds. The topological polar surface area (TPSA) is 37.3 Å². The SMILES string of the molecule is Cc1ccc(/C=C/C(=O)O)cc1I. The first kappa shape index (κ1) is 10.2. The van der Waals surface area contributed by atoms with Gasteiger partial charge in [0.1, 0.15) is 0 Å². The van der Waals surface area contributed by atoms with Crippen molar-refractivity contribution in [1.29, 1.82) is 0 Å². The second-order valence-corrected chi connectivity index (χ2v) is 3.84. The zero-order valence-electron chi connectivity index (χ0n) is 7.12. The van der Waals surface area contributed by atoms with Gasteiger partial charge in [-0.15, -0.1) is 0 Å². The van der Waals surface area contributed by atoms with E-state index in [-0.39, 0.29) is 0 Å². The summed E-state index contributed by atoms with van der Waals surface area (Å²) in [7, 11) is 0. The molecule has 0 heterocycles. The zero-order chi connectivity index (χ0) is 9.84. The molecule has 0 saturated carbocycles. The number of aryl methyl sites for hydroxylation is 1. The third-order valence-electron chi connectivity index (χ3n) is 1.61. The maximum absolute atomic E-state index is 10.2. The van der Waals surface area contributed by atoms with E-state index >= 15 is 0 Å². The van der Waals surface area contributed by atoms with Gasteiger partial charge in [0.05, 0.1) is 0 Å². The van der Waals surface area contributed by atoms with Crippen LogP contribution in [0.1, 0.15) is 11.1 Å². The van der Waals surface area contributed by atoms with E-state index in [0.29, 0.717) is 0 Å². The molecule has 1 aromatic rings. The summed E-state index contributed by atoms with van der Waals surface area (Å²) in [5, 5.41) is 8.41. The number of rotatable bonds is 2. The summed E-state index contributed by atoms with van der Waals surface area (Å²) in [6.45, 7) is 2.02. The normalized spacial score (nSPS) is 10.6. The van der Waals surface area contributed by atoms with Crippen molar-refractivity contribution in [2.45, 2.75) is 6.92 Å². The minimum absolute atomic E-state index is 0.914. The summed E-state index contributed by atoms with van der Waals surface area (Å²) in [6, 6.07) is 5.83. The molecule has 0 aromatic heterocycles. The lowest BCUT2D eigenvalue weighted by Gasteiger charge is -1.98. The van der Waals surface area contributed by atoms with Crippen LogP contribution in [0.2, 0.25) is 0 Å². The van der Waals surface area contributed by atoms with E-state index in [1.54, 1.807) is 6.08 Å². The Morgan fingerprint density at radius 2 is 2.23 bits per heavy atom. The number of hydrogen-bond acceptors (Lipinski definition) is 1. The molecule has 0 aliphatic carbocycles. The lowest BCUT2D eigenvalue weighted by molar-refractivity contribution is -0.131. The van der Waals surface area contributed by atoms with Crippen LogP contribution in [0.5, 0.6) is 0 Å². The number of carbonyl (C=O) groups is 1. The first-order valence-corrected chi connectivity index (χ1v) is 4.84. The van der Waals surface area contributed by atoms with Crippen molar-refractivity contribution in [1.82, 2.24) is 0 Å². The lowest BCUT2D eigenvalue weighted by Crippen LogP contribution is -1.86. The first-order valence-electron chi connectivity index (χ1n) is 3.77. The molecule has 0 aliphatic rings. The van der Waals surface area contributed by atoms with Crippen molar-refractivity contribution in [3.05, 3.63) is 39.0 Å². The highest BCUT2D eigenvalue weighted by atomic mass is 127. The van der Waals surface area contributed by atoms with Crippen LogP contribution in [0.4, 0.5) is 0 Å². The average molecular weight is 288 g/mol. The third-order valence-corrected chi connectivity index (χ3v) is 2.78. The van der Waals surface area contributed by atoms with Gasteiger partial charge in [-0.25, -0.2) is 4.79 Å². The Hall–Kier alpha value is -0.840. The van der Waals surface area contributed by atoms with Gasteiger partial charge in [0.2, 0.25) is 0 Å². The number of benzene rings is 1. The summed E-state index contributed by atoms with van der Waals surface area (Å²) < 4.78 is 1.14. The van der Waals surface area contributed by atoms with Crippen molar-refractivity contribution < 1.29 is 9.90 Å². The Labute approximate surface area is 90.4 Å². The fraction of sp³-hybridized carbons (Fsp3) is 0.100. The fourth-order valence-corrected chi connectivity index (χ4v) is 1.42. The first-order chi connectivity index (χ1) is 6.09. The maximum atomic E-state index is 10.2. The summed E-state index contributed by atoms with van der Waals surface area (Å²) in [6.07, 6.45) is 2.73. The molecule has 2 nitrogen and oxygen atoms in total. The highest BCUT2D eigenvalue weighted by Gasteiger charge is 1.94. The van der Waals surface area contributed by atoms with E-state index in [2.05, 4.69) is 22.6 Å². The number of carboxylic acids is 1. The predicted molar refractivity (Wildman–Crippen MR) is 60.6 cm³/mol. The van der Waals surface area contributed by atoms with Crippen molar-refractivity contribution in [2.24, 2.45) is 0 Å². The second kappa shape index (κ2) is 4.41. The van der Waals surface area contributed by atoms with Gasteiger partial charge in [-0.05, 0) is 52.8 Å². The third kappa shape index (κ3) is 3.18. The Morgan fingerprint density at radius 1 is 1.54 bits per heavy atom. The fourth-order valence-electron chi connectivity index (χ4n) is 0.880. The van der Waals surface area contributed by atoms with Gasteiger partial charge in [-0.3, -0.25) is 0 Å². The highest BCUT2D eigenvalue weighted by Crippen LogP contribution is 2.14. The number of hydrogen-bond donors (Lipinski definition) is 1. The van der Waals surface area contributed by atoms with E-state index in [1.165, 1.54) is 5.56 Å². The Balaban J connectivity index is 2.92. The van der Waals surface area contributed by atoms with Crippen LogP contribution in [0.3, 0.4) is 0 Å². The van der Waals surface area contributed by atoms with Gasteiger partial charge >= 0.3 is 5.97 Å². The van der Waals surface area contributed by atoms with Gasteiger partial charge in [0, 0.05) is 9.65 Å². The summed E-state index contributed by atoms with van der Waals surface area (Å²) >= 11 is 2.23. The van der Waals surface area contributed by atoms with Crippen molar-refractivity contribution >= 4 is 34.6 Å². The smallest absolute Gasteiger partial charge is 0.328 e. The van der Waals surface area contributed by atoms with Crippen LogP contribution < -0.4 is 0 Å². The van der Waals surface area contributed by atoms with Gasteiger partial charge in [0.25, 0.3) is 0 Å². The van der Waals surface area contributed by atoms with Crippen molar-refractivity contribution in [3.63, 3.8) is 0 Å². The molecule has 1 aromatic carbocycles. The van der Waals surface area contributed by atoms with Crippen LogP contribution in [0.15, 0.2) is 24.3 Å². The van der Waals surface area contributed by atoms with Gasteiger partial charge in [-0.2, -0.15) is 0 Å². The molecule has 0 unspecified atom stereocenters. The molecule has 0 bridgehead atoms. The molecule has 0 aliphatic heterocycles. The molecule has 1 rings (SSSR count). The Bertz CT molecular complexity index is 356. The molecule has 1 N–H and O–H groups in total. The van der Waals surface area contributed by atoms with Crippen LogP contribution in [-0.2, 0) is 4.79 Å². The molecule has 13 heavy (non-hydrogen) atoms. The van der Waals surface area contributed by atoms with E-state index in [4.69, 9.17) is 5.11 Å². The van der Waals surface area contributed by atoms with Crippen molar-refractivity contribution in [2.75, 3.05) is 0 Å². The van der Waals surface area contributed by atoms with E-state index in [9.17, 15) is 4.79 Å². The Kier molecular flexibility index (Phi) is 3.48. The van der Waals surface area contributed by atoms with E-state index in [0.717, 1.165) is 15.2 Å². The largest absolute Gasteiger partial charge is 0.478 e. The molecule has 0 spiro atoms. The Morgan fingerprint density at radius 3 is 2.77 bits per heavy atom. The number of aliphatic carboxylic acids is 1. The summed E-state index contributed by atoms with van der Waals surface area (Å²) in [5.41, 5.74) is 2.12. The zero-order valence-corrected chi connectivity index (χ0v) is 9.28. The average Bonchev–Trinajstić information content (AvgIpc) is 2.07. The molecule has 0 atom stereocenters. The van der Waals surface area contributed by atoms with Crippen LogP contribution >= 0.6 is 22.6 Å². The van der Waals surface area contributed by atoms with Crippen LogP contribution in [0.25, 0.3) is 6.08 Å². The quantitative estimate of drug-likeness (QED) is 0.671. The summed E-state index contributed by atoms with van der Waals surface area (Å²) in [5.74, 6) is -0.921. The molecule has 68 valence electrons. The maximum Gasteiger partial charge on any atom is 0.328 e. The van der Waals surface area contributed by atoms with Crippen LogP contribution in [0, 0.1) is 10.5 Å². The van der Waals surface area contributed by atoms with Crippen molar-refractivity contribution in [3.8, 4) is 0 Å². The predicted octanol–water partition coefficient (Wildman–Crippen LogP) is 2.70. The standard InChI is InChI=1S/C10H9IO2/c1-7-2-3-8(6-9(7)11)4-5-10(12)13/h2-6H,1H3,(H,12,13)/b5-4+. The minimum Gasteiger partial charge on any atom is -0.478 e. The molecular weight excluding hydrogens is 279 g/mol. The van der Waals surface area contributed by atoms with Gasteiger partial charge in [0.15, 0.2) is 0 Å². The molecular formula is C10H9IO2. The van der Waals surface area contributed by atoms with E-state index in [1.807, 2.05) is 25.1 Å². The molecule has 0 saturated heterocycles. The molecule has 3 heteroatoms. The molecule has 0 fully saturated rings. The highest BCUT2D eigenvalue weighted by molar-refractivity contribution is 14.1. The van der Waals surface area contributed by atoms with Gasteiger partial charge in [-0.1, -0.05) is 12.1 Å². The minimum atomic E-state index is -0.921. The van der Waals surface area contributed by atoms with Crippen LogP contribution in [-0.4, -0.2) is 11.1 Å². The van der Waals surface area contributed by atoms with E-state index < -0.39 is 5.97 Å². The number of halogens is 1. The summed E-state index contributed by atoms with van der Waals surface area (Å²) in [4.78, 5) is 10.2. The van der Waals surface area contributed by atoms with Gasteiger partial charge < -0.3 is 5.11 Å². The number of carboxylic acid groups (broad SMARTS) is 1.